The minimum absolute atomic E-state index is 0. The van der Waals surface area contributed by atoms with Gasteiger partial charge in [0.15, 0.2) is 23.5 Å². The van der Waals surface area contributed by atoms with Gasteiger partial charge < -0.3 is 60.7 Å². The number of halogens is 5. The van der Waals surface area contributed by atoms with Crippen molar-refractivity contribution in [3.05, 3.63) is 194 Å². The Kier molecular flexibility index (Phi) is 35.2. The van der Waals surface area contributed by atoms with Gasteiger partial charge in [-0.1, -0.05) is 50.2 Å². The van der Waals surface area contributed by atoms with E-state index in [9.17, 15) is 14.0 Å². The zero-order chi connectivity index (χ0) is 69.4. The summed E-state index contributed by atoms with van der Waals surface area (Å²) in [6.45, 7) is 9.71. The van der Waals surface area contributed by atoms with Gasteiger partial charge in [-0.2, -0.15) is 0 Å². The Morgan fingerprint density at radius 2 is 1.12 bits per heavy atom. The number of benzene rings is 2. The number of aromatic hydroxyl groups is 1. The number of aryl methyl sites for hydroxylation is 3. The van der Waals surface area contributed by atoms with Crippen LogP contribution in [0.15, 0.2) is 143 Å². The Hall–Kier alpha value is -5.57. The van der Waals surface area contributed by atoms with Crippen molar-refractivity contribution in [1.29, 1.82) is 0 Å². The molecule has 2 fully saturated rings. The number of carbonyl (C=O) groups excluding carboxylic acids is 3. The number of pyridine rings is 3. The number of nitrogens with zero attached hydrogens (tertiary/aromatic N) is 10. The van der Waals surface area contributed by atoms with Crippen molar-refractivity contribution in [2.75, 3.05) is 28.2 Å². The first kappa shape index (κ1) is 87.7. The van der Waals surface area contributed by atoms with Crippen LogP contribution in [0.2, 0.25) is 0 Å². The van der Waals surface area contributed by atoms with Crippen LogP contribution < -0.4 is 129 Å². The van der Waals surface area contributed by atoms with Crippen LogP contribution in [0.4, 0.5) is 8.78 Å². The fraction of sp³-hybridized carbons (Fsp3) is 0.328. The number of fused-ring (bicyclic) bond motifs is 2. The van der Waals surface area contributed by atoms with Crippen LogP contribution in [0.3, 0.4) is 0 Å². The number of aliphatic imine (C=N–C) groups is 2. The van der Waals surface area contributed by atoms with Crippen molar-refractivity contribution in [2.24, 2.45) is 33.3 Å². The first-order chi connectivity index (χ1) is 45.2. The Bertz CT molecular complexity index is 4200. The molecule has 5 N–H and O–H groups in total. The molecule has 2 aliphatic carbocycles. The largest absolute Gasteiger partial charge is 1.00 e. The molecule has 2 amide bonds. The number of amidine groups is 2. The molecule has 23 nitrogen and oxygen atoms in total. The molecule has 2 aromatic carbocycles. The fourth-order valence-corrected chi connectivity index (χ4v) is 13.7. The van der Waals surface area contributed by atoms with Crippen LogP contribution in [-0.4, -0.2) is 111 Å². The topological polar surface area (TPSA) is 322 Å². The molecule has 6 atom stereocenters. The molecular formula is C67H73Br2ClF2K2N12O11S2. The van der Waals surface area contributed by atoms with Gasteiger partial charge in [0.1, 0.15) is 72.1 Å². The molecule has 99 heavy (non-hydrogen) atoms. The van der Waals surface area contributed by atoms with Crippen LogP contribution in [0.1, 0.15) is 105 Å². The Labute approximate surface area is 690 Å². The van der Waals surface area contributed by atoms with Gasteiger partial charge in [-0.25, -0.2) is 38.7 Å². The third kappa shape index (κ3) is 22.7. The van der Waals surface area contributed by atoms with Crippen LogP contribution in [-0.2, 0) is 49.4 Å². The fourth-order valence-electron chi connectivity index (χ4n) is 10.2. The van der Waals surface area contributed by atoms with Crippen LogP contribution >= 0.6 is 67.0 Å². The first-order valence-electron chi connectivity index (χ1n) is 28.4. The zero-order valence-corrected chi connectivity index (χ0v) is 66.4. The van der Waals surface area contributed by atoms with Crippen molar-refractivity contribution in [1.82, 2.24) is 39.7 Å². The van der Waals surface area contributed by atoms with Gasteiger partial charge >= 0.3 is 103 Å². The minimum atomic E-state index is -0.973. The number of nitrogens with two attached hydrogens (primary N) is 2. The van der Waals surface area contributed by atoms with Crippen LogP contribution in [0.25, 0.3) is 0 Å². The summed E-state index contributed by atoms with van der Waals surface area (Å²) in [6, 6.07) is 14.6. The number of amides is 2. The number of carbonyl (C=O) groups is 3. The number of aromatic nitrogens is 6. The predicted octanol–water partition coefficient (Wildman–Crippen LogP) is 5.37. The number of alkyl halides is 1. The van der Waals surface area contributed by atoms with E-state index < -0.39 is 26.4 Å². The van der Waals surface area contributed by atoms with E-state index in [0.29, 0.717) is 87.6 Å². The molecule has 32 heteroatoms. The molecule has 8 aromatic rings. The van der Waals surface area contributed by atoms with E-state index in [4.69, 9.17) is 67.4 Å². The molecule has 4 aliphatic rings. The average Bonchev–Trinajstić information content (AvgIpc) is 1.53. The molecule has 2 saturated carbocycles. The Morgan fingerprint density at radius 1 is 0.707 bits per heavy atom. The molecule has 516 valence electrons. The van der Waals surface area contributed by atoms with Crippen LogP contribution in [0.5, 0.6) is 17.2 Å². The van der Waals surface area contributed by atoms with Crippen LogP contribution in [0, 0.1) is 68.4 Å². The summed E-state index contributed by atoms with van der Waals surface area (Å²) in [5.74, 6) is 11.0. The van der Waals surface area contributed by atoms with Crippen molar-refractivity contribution >= 4 is 95.6 Å². The second-order valence-corrected chi connectivity index (χ2v) is 26.4. The standard InChI is InChI=1S/C27H26FN5O3S.C17H18FN3OS.C10H9BrN2O2.C6H6BrNO.C4H4ClNO.CH2O3.2CH4.2K.H/c1-16-11-18(36-15-23-30-9-10-35-23)14-31-21(16)8-6-17-5-7-20(28)19(12-17)26(2)22-13-27(22,24(34)33(3)4)37-25(29)32-26;1-5-10-6-7-12(18)11(8-10)16(2)13-9-17(13,14(22)21(3)4)23-15(19)20-16;1-7-4-8(5-13-10(7)11)15-6-9-12-2-3-14-9;1-4-2-5(9)3-8-6(4)7;5-3-4-6-1-2-7-4;2-1-4-3;;;;;/h5,7,9-12,14,22H,13,15H2,1-4H3,(H2,29,32);1,6-8,13H,9H2,2-4H3,(H2,19,20);2-5H,6H2,1H3;2-3,9H,1H3;1-2H,3H2;1,3H;2*1H4;;;/q;;;;;;;;2*+1;-1/p-1/t22-,26+,27-;13-,16+,17-;;;;;;;;;/m00........./s1. The van der Waals surface area contributed by atoms with Gasteiger partial charge in [0, 0.05) is 62.3 Å². The number of thioether (sulfide) groups is 2. The SMILES string of the molecule is C.C.C#Cc1ccc(F)c([C@@]2(C)N=C(N)S[C@@]3(C(=O)N(C)C)C[C@H]32)c1.Cc1cc(O)cnc1Br.Cc1cc(OCc2ncco2)cnc1Br.Cc1cc(OCc2ncco2)cnc1C#Cc1ccc(F)c([C@@]2(C)N=C(N)S[C@@]3(C(=O)N(C)C)C[C@H]32)c1.ClCc1ncco1.O=CO[O-].[H-].[K+].[K+]. The molecule has 12 rings (SSSR count). The monoisotopic (exact) mass is 1590 g/mol. The maximum absolute atomic E-state index is 15.2. The summed E-state index contributed by atoms with van der Waals surface area (Å²) in [5.41, 5.74) is 15.6. The summed E-state index contributed by atoms with van der Waals surface area (Å²) in [6.07, 6.45) is 20.5. The number of rotatable bonds is 12. The van der Waals surface area contributed by atoms with Gasteiger partial charge in [0.25, 0.3) is 6.47 Å². The predicted molar refractivity (Wildman–Crippen MR) is 372 cm³/mol. The Morgan fingerprint density at radius 3 is 1.49 bits per heavy atom. The molecule has 8 heterocycles. The third-order valence-electron chi connectivity index (χ3n) is 14.9. The summed E-state index contributed by atoms with van der Waals surface area (Å²) < 4.78 is 55.9. The van der Waals surface area contributed by atoms with Gasteiger partial charge in [0.2, 0.25) is 29.5 Å². The van der Waals surface area contributed by atoms with Gasteiger partial charge in [-0.3, -0.25) is 24.4 Å². The normalized spacial score (nSPS) is 19.5. The summed E-state index contributed by atoms with van der Waals surface area (Å²) in [7, 11) is 6.86. The van der Waals surface area contributed by atoms with Gasteiger partial charge in [-0.05, 0) is 157 Å². The molecule has 0 saturated heterocycles. The molecule has 2 aliphatic heterocycles. The molecule has 0 bridgehead atoms. The molecule has 0 spiro atoms. The summed E-state index contributed by atoms with van der Waals surface area (Å²) in [4.78, 5) is 73.1. The Balaban J connectivity index is 0.000000461. The van der Waals surface area contributed by atoms with Crippen molar-refractivity contribution in [3.63, 3.8) is 0 Å². The maximum atomic E-state index is 15.2. The summed E-state index contributed by atoms with van der Waals surface area (Å²) >= 11 is 14.4. The maximum Gasteiger partial charge on any atom is 1.00 e. The van der Waals surface area contributed by atoms with E-state index in [1.165, 1.54) is 60.6 Å². The first-order valence-corrected chi connectivity index (χ1v) is 32.1. The quantitative estimate of drug-likeness (QED) is 0.0263. The second-order valence-electron chi connectivity index (χ2n) is 22.0. The van der Waals surface area contributed by atoms with E-state index in [0.717, 1.165) is 25.9 Å². The van der Waals surface area contributed by atoms with Crippen molar-refractivity contribution in [2.45, 2.75) is 102 Å². The minimum Gasteiger partial charge on any atom is -1.00 e. The molecule has 0 radical (unpaired) electrons. The zero-order valence-electron chi connectivity index (χ0n) is 55.6. The smallest absolute Gasteiger partial charge is 1.00 e. The van der Waals surface area contributed by atoms with E-state index in [1.807, 2.05) is 46.8 Å². The van der Waals surface area contributed by atoms with E-state index in [2.05, 4.69) is 94.4 Å². The van der Waals surface area contributed by atoms with Gasteiger partial charge in [-0.15, -0.1) is 18.0 Å². The number of hydrogen-bond donors (Lipinski definition) is 3. The second kappa shape index (κ2) is 39.7. The molecule has 6 aromatic heterocycles. The third-order valence-corrected chi connectivity index (χ3v) is 19.3. The van der Waals surface area contributed by atoms with Crippen molar-refractivity contribution < 1.29 is 165 Å². The molecule has 0 unspecified atom stereocenters. The van der Waals surface area contributed by atoms with Crippen molar-refractivity contribution in [3.8, 4) is 41.4 Å². The number of oxazole rings is 3. The van der Waals surface area contributed by atoms with Gasteiger partial charge in [0.05, 0.1) is 54.1 Å². The molecular weight excluding hydrogens is 1520 g/mol. The average molecular weight is 1600 g/mol. The van der Waals surface area contributed by atoms with E-state index in [-0.39, 0.29) is 173 Å². The number of ether oxygens (including phenoxy) is 2. The number of terminal acetylenes is 1. The number of hydrogen-bond acceptors (Lipinski definition) is 23. The van der Waals surface area contributed by atoms with E-state index in [1.54, 1.807) is 99.3 Å². The van der Waals surface area contributed by atoms with E-state index >= 15 is 4.39 Å². The summed E-state index contributed by atoms with van der Waals surface area (Å²) in [5, 5.41) is 17.9.